The van der Waals surface area contributed by atoms with Crippen molar-refractivity contribution in [2.24, 2.45) is 5.92 Å². The van der Waals surface area contributed by atoms with Crippen LogP contribution in [0.4, 0.5) is 5.82 Å². The van der Waals surface area contributed by atoms with E-state index >= 15 is 0 Å². The number of aliphatic hydroxyl groups excluding tert-OH is 4. The van der Waals surface area contributed by atoms with Crippen LogP contribution in [0.15, 0.2) is 11.0 Å². The maximum Gasteiger partial charge on any atom is 0.351 e. The normalized spacial score (nSPS) is 28.2. The number of anilines is 1. The van der Waals surface area contributed by atoms with Gasteiger partial charge in [0.1, 0.15) is 24.1 Å². The van der Waals surface area contributed by atoms with Crippen LogP contribution in [0.5, 0.6) is 0 Å². The minimum Gasteiger partial charge on any atom is -0.396 e. The second kappa shape index (κ2) is 8.04. The standard InChI is InChI=1S/C15H25N3O6/c1-8(3-2-4-19)5-9-6-18(15(23)17-13(9)16)14-12(22)11(21)10(7-20)24-14/h6,8,10-12,14,19-22H,2-5,7H2,1H3,(H2,16,17,23)/t8?,10-,11?,12?,14-/m1/s1. The van der Waals surface area contributed by atoms with E-state index in [2.05, 4.69) is 4.98 Å². The van der Waals surface area contributed by atoms with Crippen LogP contribution < -0.4 is 11.4 Å². The number of nitrogens with two attached hydrogens (primary N) is 1. The molecule has 9 nitrogen and oxygen atoms in total. The molecule has 1 saturated heterocycles. The lowest BCUT2D eigenvalue weighted by molar-refractivity contribution is -0.0550. The maximum absolute atomic E-state index is 12.1. The molecule has 2 heterocycles. The number of hydrogen-bond acceptors (Lipinski definition) is 8. The smallest absolute Gasteiger partial charge is 0.351 e. The van der Waals surface area contributed by atoms with Gasteiger partial charge in [-0.1, -0.05) is 6.92 Å². The van der Waals surface area contributed by atoms with Crippen LogP contribution in [0.25, 0.3) is 0 Å². The largest absolute Gasteiger partial charge is 0.396 e. The molecule has 6 N–H and O–H groups in total. The summed E-state index contributed by atoms with van der Waals surface area (Å²) in [5.41, 5.74) is 5.74. The number of rotatable bonds is 7. The minimum absolute atomic E-state index is 0.110. The predicted molar refractivity (Wildman–Crippen MR) is 85.1 cm³/mol. The summed E-state index contributed by atoms with van der Waals surface area (Å²) in [6.07, 6.45) is -1.27. The fourth-order valence-corrected chi connectivity index (χ4v) is 2.89. The lowest BCUT2D eigenvalue weighted by atomic mass is 9.98. The molecule has 9 heteroatoms. The van der Waals surface area contributed by atoms with Crippen LogP contribution in [0.2, 0.25) is 0 Å². The van der Waals surface area contributed by atoms with Crippen molar-refractivity contribution in [3.63, 3.8) is 0 Å². The van der Waals surface area contributed by atoms with Gasteiger partial charge in [0, 0.05) is 18.4 Å². The van der Waals surface area contributed by atoms with Crippen LogP contribution >= 0.6 is 0 Å². The lowest BCUT2D eigenvalue weighted by Crippen LogP contribution is -2.36. The monoisotopic (exact) mass is 343 g/mol. The molecule has 0 saturated carbocycles. The molecule has 136 valence electrons. The summed E-state index contributed by atoms with van der Waals surface area (Å²) in [5.74, 6) is 0.330. The third-order valence-electron chi connectivity index (χ3n) is 4.28. The maximum atomic E-state index is 12.1. The van der Waals surface area contributed by atoms with Crippen molar-refractivity contribution >= 4 is 5.82 Å². The number of aromatic nitrogens is 2. The number of nitrogens with zero attached hydrogens (tertiary/aromatic N) is 2. The van der Waals surface area contributed by atoms with Crippen molar-refractivity contribution < 1.29 is 25.2 Å². The first-order chi connectivity index (χ1) is 11.4. The Labute approximate surface area is 139 Å². The second-order valence-corrected chi connectivity index (χ2v) is 6.25. The van der Waals surface area contributed by atoms with E-state index in [9.17, 15) is 15.0 Å². The Morgan fingerprint density at radius 2 is 2.08 bits per heavy atom. The highest BCUT2D eigenvalue weighted by atomic mass is 16.6. The molecule has 24 heavy (non-hydrogen) atoms. The molecule has 5 atom stereocenters. The van der Waals surface area contributed by atoms with Crippen molar-refractivity contribution in [3.05, 3.63) is 22.2 Å². The molecule has 1 fully saturated rings. The second-order valence-electron chi connectivity index (χ2n) is 6.25. The SMILES string of the molecule is CC(CCCO)Cc1cn([C@@H]2O[C@H](CO)C(O)C2O)c(=O)nc1N. The zero-order chi connectivity index (χ0) is 17.9. The highest BCUT2D eigenvalue weighted by Crippen LogP contribution is 2.29. The van der Waals surface area contributed by atoms with Crippen LogP contribution in [-0.2, 0) is 11.2 Å². The van der Waals surface area contributed by atoms with Crippen molar-refractivity contribution in [3.8, 4) is 0 Å². The van der Waals surface area contributed by atoms with E-state index in [1.54, 1.807) is 0 Å². The highest BCUT2D eigenvalue weighted by Gasteiger charge is 2.43. The summed E-state index contributed by atoms with van der Waals surface area (Å²) in [6.45, 7) is 1.63. The van der Waals surface area contributed by atoms with E-state index in [-0.39, 0.29) is 18.3 Å². The van der Waals surface area contributed by atoms with E-state index in [0.717, 1.165) is 11.0 Å². The van der Waals surface area contributed by atoms with Gasteiger partial charge in [-0.15, -0.1) is 0 Å². The van der Waals surface area contributed by atoms with E-state index in [1.165, 1.54) is 6.20 Å². The van der Waals surface area contributed by atoms with Gasteiger partial charge in [0.05, 0.1) is 6.61 Å². The molecule has 0 spiro atoms. The lowest BCUT2D eigenvalue weighted by Gasteiger charge is -2.19. The summed E-state index contributed by atoms with van der Waals surface area (Å²) in [5, 5.41) is 37.9. The molecule has 0 amide bonds. The summed E-state index contributed by atoms with van der Waals surface area (Å²) < 4.78 is 6.46. The predicted octanol–water partition coefficient (Wildman–Crippen LogP) is -1.61. The van der Waals surface area contributed by atoms with Crippen molar-refractivity contribution in [2.45, 2.75) is 50.7 Å². The van der Waals surface area contributed by atoms with Crippen molar-refractivity contribution in [1.82, 2.24) is 9.55 Å². The van der Waals surface area contributed by atoms with Gasteiger partial charge in [-0.05, 0) is 25.2 Å². The average molecular weight is 343 g/mol. The molecule has 0 aliphatic carbocycles. The Kier molecular flexibility index (Phi) is 6.30. The van der Waals surface area contributed by atoms with Crippen LogP contribution in [0.3, 0.4) is 0 Å². The molecule has 2 rings (SSSR count). The zero-order valence-corrected chi connectivity index (χ0v) is 13.6. The van der Waals surface area contributed by atoms with Crippen LogP contribution in [0, 0.1) is 5.92 Å². The van der Waals surface area contributed by atoms with Gasteiger partial charge in [0.15, 0.2) is 6.23 Å². The average Bonchev–Trinajstić information content (AvgIpc) is 2.83. The Hall–Kier alpha value is -1.52. The van der Waals surface area contributed by atoms with Crippen molar-refractivity contribution in [1.29, 1.82) is 0 Å². The van der Waals surface area contributed by atoms with Gasteiger partial charge in [-0.3, -0.25) is 4.57 Å². The van der Waals surface area contributed by atoms with Gasteiger partial charge < -0.3 is 30.9 Å². The Morgan fingerprint density at radius 3 is 2.67 bits per heavy atom. The molecule has 3 unspecified atom stereocenters. The fraction of sp³-hybridized carbons (Fsp3) is 0.733. The molecule has 0 aromatic carbocycles. The highest BCUT2D eigenvalue weighted by molar-refractivity contribution is 5.37. The molecule has 0 bridgehead atoms. The summed E-state index contributed by atoms with van der Waals surface area (Å²) >= 11 is 0. The van der Waals surface area contributed by atoms with E-state index in [1.807, 2.05) is 6.92 Å². The van der Waals surface area contributed by atoms with Crippen LogP contribution in [0.1, 0.15) is 31.6 Å². The summed E-state index contributed by atoms with van der Waals surface area (Å²) in [6, 6.07) is 0. The van der Waals surface area contributed by atoms with E-state index in [4.69, 9.17) is 20.7 Å². The van der Waals surface area contributed by atoms with Gasteiger partial charge in [-0.2, -0.15) is 4.98 Å². The third-order valence-corrected chi connectivity index (χ3v) is 4.28. The van der Waals surface area contributed by atoms with E-state index in [0.29, 0.717) is 18.4 Å². The van der Waals surface area contributed by atoms with Gasteiger partial charge in [0.2, 0.25) is 0 Å². The molecule has 1 aromatic rings. The third kappa shape index (κ3) is 3.93. The minimum atomic E-state index is -1.36. The first kappa shape index (κ1) is 18.8. The van der Waals surface area contributed by atoms with Crippen LogP contribution in [-0.4, -0.2) is 61.5 Å². The Morgan fingerprint density at radius 1 is 1.38 bits per heavy atom. The fourth-order valence-electron chi connectivity index (χ4n) is 2.89. The molecular weight excluding hydrogens is 318 g/mol. The summed E-state index contributed by atoms with van der Waals surface area (Å²) in [7, 11) is 0. The number of aliphatic hydroxyl groups is 4. The van der Waals surface area contributed by atoms with E-state index < -0.39 is 36.8 Å². The van der Waals surface area contributed by atoms with Gasteiger partial charge in [-0.25, -0.2) is 4.79 Å². The molecule has 1 aliphatic heterocycles. The number of hydrogen-bond donors (Lipinski definition) is 5. The quantitative estimate of drug-likeness (QED) is 0.396. The number of ether oxygens (including phenoxy) is 1. The first-order valence-corrected chi connectivity index (χ1v) is 7.99. The summed E-state index contributed by atoms with van der Waals surface area (Å²) in [4.78, 5) is 15.9. The first-order valence-electron chi connectivity index (χ1n) is 7.99. The topological polar surface area (TPSA) is 151 Å². The van der Waals surface area contributed by atoms with Gasteiger partial charge >= 0.3 is 5.69 Å². The van der Waals surface area contributed by atoms with Gasteiger partial charge in [0.25, 0.3) is 0 Å². The zero-order valence-electron chi connectivity index (χ0n) is 13.6. The molecule has 1 aromatic heterocycles. The molecule has 0 radical (unpaired) electrons. The Bertz CT molecular complexity index is 607. The van der Waals surface area contributed by atoms with Crippen molar-refractivity contribution in [2.75, 3.05) is 18.9 Å². The number of nitrogen functional groups attached to an aromatic ring is 1. The molecule has 1 aliphatic rings. The Balaban J connectivity index is 2.25. The molecular formula is C15H25N3O6.